The van der Waals surface area contributed by atoms with Gasteiger partial charge in [-0.2, -0.15) is 0 Å². The highest BCUT2D eigenvalue weighted by Gasteiger charge is 2.29. The summed E-state index contributed by atoms with van der Waals surface area (Å²) in [5, 5.41) is 7.74. The van der Waals surface area contributed by atoms with Crippen LogP contribution in [0.4, 0.5) is 10.5 Å². The molecule has 1 saturated heterocycles. The Morgan fingerprint density at radius 1 is 1.25 bits per heavy atom. The van der Waals surface area contributed by atoms with Gasteiger partial charge in [-0.25, -0.2) is 13.2 Å². The summed E-state index contributed by atoms with van der Waals surface area (Å²) in [6.07, 6.45) is 0.391. The molecule has 2 rings (SSSR count). The van der Waals surface area contributed by atoms with E-state index in [0.29, 0.717) is 17.9 Å². The molecule has 0 bridgehead atoms. The number of methoxy groups -OCH3 is 1. The summed E-state index contributed by atoms with van der Waals surface area (Å²) in [5.41, 5.74) is 0.580. The van der Waals surface area contributed by atoms with Gasteiger partial charge < -0.3 is 20.7 Å². The molecule has 3 amide bonds. The Hall–Kier alpha value is -2.29. The smallest absolute Gasteiger partial charge is 0.315 e. The number of carbonyl (C=O) groups is 2. The van der Waals surface area contributed by atoms with Gasteiger partial charge in [-0.1, -0.05) is 0 Å². The first-order valence-electron chi connectivity index (χ1n) is 7.51. The molecular weight excluding hydrogens is 334 g/mol. The molecule has 1 aliphatic rings. The summed E-state index contributed by atoms with van der Waals surface area (Å²) < 4.78 is 27.7. The lowest BCUT2D eigenvalue weighted by Crippen LogP contribution is -2.49. The number of urea groups is 1. The standard InChI is InChI=1S/C15H21N3O5S/c1-10(14(19)17-11-3-5-13(23-2)6-4-11)16-15(20)18-12-7-8-24(21,22)9-12/h3-6,10,12H,7-9H2,1-2H3,(H,17,19)(H2,16,18,20)/t10-,12-/m0/s1. The van der Waals surface area contributed by atoms with Crippen molar-refractivity contribution < 1.29 is 22.7 Å². The molecule has 1 aromatic carbocycles. The summed E-state index contributed by atoms with van der Waals surface area (Å²) in [4.78, 5) is 23.9. The molecule has 24 heavy (non-hydrogen) atoms. The Morgan fingerprint density at radius 3 is 2.46 bits per heavy atom. The van der Waals surface area contributed by atoms with Crippen LogP contribution in [0.3, 0.4) is 0 Å². The van der Waals surface area contributed by atoms with Gasteiger partial charge in [-0.15, -0.1) is 0 Å². The summed E-state index contributed by atoms with van der Waals surface area (Å²) in [5.74, 6) is 0.303. The van der Waals surface area contributed by atoms with E-state index >= 15 is 0 Å². The Morgan fingerprint density at radius 2 is 1.92 bits per heavy atom. The lowest BCUT2D eigenvalue weighted by atomic mass is 10.2. The highest BCUT2D eigenvalue weighted by atomic mass is 32.2. The number of nitrogens with one attached hydrogen (secondary N) is 3. The molecule has 0 radical (unpaired) electrons. The van der Waals surface area contributed by atoms with Crippen molar-refractivity contribution in [3.63, 3.8) is 0 Å². The highest BCUT2D eigenvalue weighted by molar-refractivity contribution is 7.91. The maximum Gasteiger partial charge on any atom is 0.315 e. The molecule has 2 atom stereocenters. The lowest BCUT2D eigenvalue weighted by molar-refractivity contribution is -0.117. The number of ether oxygens (including phenoxy) is 1. The van der Waals surface area contributed by atoms with E-state index in [1.807, 2.05) is 0 Å². The number of hydrogen-bond acceptors (Lipinski definition) is 5. The minimum absolute atomic E-state index is 0.0627. The summed E-state index contributed by atoms with van der Waals surface area (Å²) in [6, 6.07) is 5.05. The summed E-state index contributed by atoms with van der Waals surface area (Å²) >= 11 is 0. The van der Waals surface area contributed by atoms with Gasteiger partial charge in [0, 0.05) is 11.7 Å². The van der Waals surface area contributed by atoms with Crippen LogP contribution in [0.1, 0.15) is 13.3 Å². The molecule has 0 aliphatic carbocycles. The maximum absolute atomic E-state index is 12.1. The number of amides is 3. The molecular formula is C15H21N3O5S. The molecule has 0 saturated carbocycles. The lowest BCUT2D eigenvalue weighted by Gasteiger charge is -2.17. The number of sulfone groups is 1. The van der Waals surface area contributed by atoms with Crippen molar-refractivity contribution in [2.24, 2.45) is 0 Å². The fourth-order valence-electron chi connectivity index (χ4n) is 2.32. The summed E-state index contributed by atoms with van der Waals surface area (Å²) in [7, 11) is -1.51. The quantitative estimate of drug-likeness (QED) is 0.712. The van der Waals surface area contributed by atoms with Gasteiger partial charge in [0.05, 0.1) is 18.6 Å². The molecule has 8 nitrogen and oxygen atoms in total. The fourth-order valence-corrected chi connectivity index (χ4v) is 4.00. The zero-order chi connectivity index (χ0) is 17.7. The van der Waals surface area contributed by atoms with Crippen LogP contribution in [0.5, 0.6) is 5.75 Å². The molecule has 1 aliphatic heterocycles. The first-order valence-corrected chi connectivity index (χ1v) is 9.33. The van der Waals surface area contributed by atoms with Crippen LogP contribution < -0.4 is 20.7 Å². The van der Waals surface area contributed by atoms with Crippen LogP contribution in [0.15, 0.2) is 24.3 Å². The van der Waals surface area contributed by atoms with E-state index in [9.17, 15) is 18.0 Å². The number of hydrogen-bond donors (Lipinski definition) is 3. The minimum Gasteiger partial charge on any atom is -0.497 e. The topological polar surface area (TPSA) is 114 Å². The first kappa shape index (κ1) is 18.1. The molecule has 132 valence electrons. The zero-order valence-electron chi connectivity index (χ0n) is 13.5. The van der Waals surface area contributed by atoms with Crippen LogP contribution in [0, 0.1) is 0 Å². The first-order chi connectivity index (χ1) is 11.3. The maximum atomic E-state index is 12.1. The van der Waals surface area contributed by atoms with Gasteiger partial charge >= 0.3 is 6.03 Å². The third-order valence-electron chi connectivity index (χ3n) is 3.67. The minimum atomic E-state index is -3.06. The molecule has 1 aromatic rings. The molecule has 9 heteroatoms. The van der Waals surface area contributed by atoms with Gasteiger partial charge in [0.15, 0.2) is 9.84 Å². The summed E-state index contributed by atoms with van der Waals surface area (Å²) in [6.45, 7) is 1.55. The molecule has 0 aromatic heterocycles. The largest absolute Gasteiger partial charge is 0.497 e. The highest BCUT2D eigenvalue weighted by Crippen LogP contribution is 2.15. The predicted molar refractivity (Wildman–Crippen MR) is 89.8 cm³/mol. The van der Waals surface area contributed by atoms with E-state index in [4.69, 9.17) is 4.74 Å². The van der Waals surface area contributed by atoms with Crippen molar-refractivity contribution in [1.29, 1.82) is 0 Å². The fraction of sp³-hybridized carbons (Fsp3) is 0.467. The predicted octanol–water partition coefficient (Wildman–Crippen LogP) is 0.509. The van der Waals surface area contributed by atoms with E-state index in [0.717, 1.165) is 0 Å². The second-order valence-corrected chi connectivity index (χ2v) is 7.89. The second-order valence-electron chi connectivity index (χ2n) is 5.66. The van der Waals surface area contributed by atoms with Crippen LogP contribution in [-0.4, -0.2) is 51.1 Å². The van der Waals surface area contributed by atoms with E-state index in [1.54, 1.807) is 38.3 Å². The monoisotopic (exact) mass is 355 g/mol. The van der Waals surface area contributed by atoms with Crippen LogP contribution >= 0.6 is 0 Å². The van der Waals surface area contributed by atoms with E-state index in [-0.39, 0.29) is 17.4 Å². The van der Waals surface area contributed by atoms with Gasteiger partial charge in [-0.3, -0.25) is 4.79 Å². The third-order valence-corrected chi connectivity index (χ3v) is 5.43. The third kappa shape index (κ3) is 5.12. The molecule has 0 spiro atoms. The van der Waals surface area contributed by atoms with Gasteiger partial charge in [0.25, 0.3) is 0 Å². The number of benzene rings is 1. The van der Waals surface area contributed by atoms with Crippen molar-refractivity contribution in [2.45, 2.75) is 25.4 Å². The molecule has 0 unspecified atom stereocenters. The van der Waals surface area contributed by atoms with E-state index < -0.39 is 28.0 Å². The number of carbonyl (C=O) groups excluding carboxylic acids is 2. The Kier molecular flexibility index (Phi) is 5.66. The van der Waals surface area contributed by atoms with E-state index in [1.165, 1.54) is 0 Å². The van der Waals surface area contributed by atoms with Crippen LogP contribution in [-0.2, 0) is 14.6 Å². The van der Waals surface area contributed by atoms with E-state index in [2.05, 4.69) is 16.0 Å². The number of rotatable bonds is 5. The average Bonchev–Trinajstić information content (AvgIpc) is 2.86. The van der Waals surface area contributed by atoms with Gasteiger partial charge in [-0.05, 0) is 37.6 Å². The normalized spacial score (nSPS) is 20.0. The Labute approximate surface area is 140 Å². The van der Waals surface area contributed by atoms with Crippen molar-refractivity contribution in [3.05, 3.63) is 24.3 Å². The van der Waals surface area contributed by atoms with Crippen LogP contribution in [0.25, 0.3) is 0 Å². The Balaban J connectivity index is 1.81. The average molecular weight is 355 g/mol. The van der Waals surface area contributed by atoms with Crippen molar-refractivity contribution in [1.82, 2.24) is 10.6 Å². The molecule has 1 heterocycles. The molecule has 1 fully saturated rings. The van der Waals surface area contributed by atoms with Crippen LogP contribution in [0.2, 0.25) is 0 Å². The zero-order valence-corrected chi connectivity index (χ0v) is 14.4. The second kappa shape index (κ2) is 7.52. The van der Waals surface area contributed by atoms with Crippen molar-refractivity contribution >= 4 is 27.5 Å². The van der Waals surface area contributed by atoms with Gasteiger partial charge in [0.1, 0.15) is 11.8 Å². The number of anilines is 1. The SMILES string of the molecule is COc1ccc(NC(=O)[C@H](C)NC(=O)N[C@H]2CCS(=O)(=O)C2)cc1. The van der Waals surface area contributed by atoms with Gasteiger partial charge in [0.2, 0.25) is 5.91 Å². The molecule has 3 N–H and O–H groups in total. The van der Waals surface area contributed by atoms with Crippen molar-refractivity contribution in [3.8, 4) is 5.75 Å². The Bertz CT molecular complexity index is 702. The van der Waals surface area contributed by atoms with Crippen molar-refractivity contribution in [2.75, 3.05) is 23.9 Å².